The molecule has 1 heterocycles. The van der Waals surface area contributed by atoms with Gasteiger partial charge in [-0.25, -0.2) is 0 Å². The third kappa shape index (κ3) is 3.22. The van der Waals surface area contributed by atoms with Gasteiger partial charge in [0.1, 0.15) is 0 Å². The molecule has 3 fully saturated rings. The van der Waals surface area contributed by atoms with Gasteiger partial charge in [-0.2, -0.15) is 0 Å². The van der Waals surface area contributed by atoms with E-state index < -0.39 is 0 Å². The summed E-state index contributed by atoms with van der Waals surface area (Å²) in [5.41, 5.74) is 1.75. The Bertz CT molecular complexity index is 790. The summed E-state index contributed by atoms with van der Waals surface area (Å²) in [5.74, 6) is 8.92. The second-order valence-electron chi connectivity index (χ2n) is 10.2. The lowest BCUT2D eigenvalue weighted by atomic mass is 9.47. The highest BCUT2D eigenvalue weighted by atomic mass is 16.5. The average Bonchev–Trinajstić information content (AvgIpc) is 3.04. The molecule has 4 aliphatic rings. The molecule has 0 aromatic heterocycles. The molecule has 6 atom stereocenters. The smallest absolute Gasteiger partial charge is 0.306 e. The molecule has 4 rings (SSSR count). The first kappa shape index (κ1) is 20.5. The van der Waals surface area contributed by atoms with Gasteiger partial charge >= 0.3 is 5.97 Å². The Morgan fingerprint density at radius 2 is 2.03 bits per heavy atom. The Hall–Kier alpha value is -1.76. The maximum atomic E-state index is 12.3. The van der Waals surface area contributed by atoms with Gasteiger partial charge in [0, 0.05) is 36.9 Å². The molecule has 4 unspecified atom stereocenters. The fourth-order valence-electron chi connectivity index (χ4n) is 7.34. The number of likely N-dealkylation sites (tertiary alicyclic amines) is 1. The molecule has 0 N–H and O–H groups in total. The Morgan fingerprint density at radius 3 is 2.79 bits per heavy atom. The molecule has 1 amide bonds. The summed E-state index contributed by atoms with van der Waals surface area (Å²) in [6.07, 6.45) is 11.0. The second kappa shape index (κ2) is 7.49. The van der Waals surface area contributed by atoms with Crippen LogP contribution in [-0.2, 0) is 14.3 Å². The van der Waals surface area contributed by atoms with Gasteiger partial charge in [0.2, 0.25) is 5.91 Å². The Balaban J connectivity index is 1.50. The van der Waals surface area contributed by atoms with Crippen molar-refractivity contribution in [2.45, 2.75) is 77.7 Å². The quantitative estimate of drug-likeness (QED) is 0.514. The number of amides is 1. The minimum absolute atomic E-state index is 0.180. The minimum atomic E-state index is -0.190. The number of carbonyl (C=O) groups excluding carboxylic acids is 2. The monoisotopic (exact) mass is 397 g/mol. The summed E-state index contributed by atoms with van der Waals surface area (Å²) in [6.45, 7) is 4.89. The SMILES string of the molecule is COC(=O)CCC#CC1=CCC2C3CCC4N(C)C(=O)CC[C@]4(C)C3CC[C@]12C. The number of methoxy groups -OCH3 is 1. The van der Waals surface area contributed by atoms with Gasteiger partial charge in [0.05, 0.1) is 13.5 Å². The molecule has 0 aromatic rings. The van der Waals surface area contributed by atoms with Crippen LogP contribution in [0.25, 0.3) is 0 Å². The summed E-state index contributed by atoms with van der Waals surface area (Å²) >= 11 is 0. The Labute approximate surface area is 175 Å². The van der Waals surface area contributed by atoms with Crippen LogP contribution in [-0.4, -0.2) is 37.0 Å². The van der Waals surface area contributed by atoms with Crippen LogP contribution in [0.1, 0.15) is 71.6 Å². The maximum absolute atomic E-state index is 12.3. The molecule has 0 spiro atoms. The molecule has 1 aliphatic heterocycles. The number of nitrogens with zero attached hydrogens (tertiary/aromatic N) is 1. The molecule has 158 valence electrons. The van der Waals surface area contributed by atoms with E-state index in [2.05, 4.69) is 36.7 Å². The Morgan fingerprint density at radius 1 is 1.24 bits per heavy atom. The lowest BCUT2D eigenvalue weighted by Crippen LogP contribution is -2.61. The van der Waals surface area contributed by atoms with E-state index in [4.69, 9.17) is 4.74 Å². The van der Waals surface area contributed by atoms with E-state index in [1.807, 2.05) is 7.05 Å². The molecule has 29 heavy (non-hydrogen) atoms. The van der Waals surface area contributed by atoms with Crippen LogP contribution >= 0.6 is 0 Å². The number of hydrogen-bond donors (Lipinski definition) is 0. The number of fused-ring (bicyclic) bond motifs is 5. The van der Waals surface area contributed by atoms with Crippen LogP contribution < -0.4 is 0 Å². The molecule has 0 radical (unpaired) electrons. The first-order valence-corrected chi connectivity index (χ1v) is 11.3. The standard InChI is InChI=1S/C25H35NO3/c1-24-15-13-20-18(10-12-21-25(20,2)16-14-22(27)26(21)3)19(24)11-9-17(24)7-5-6-8-23(28)29-4/h9,18-21H,6,8,10-16H2,1-4H3/t18?,19?,20?,21?,24-,25-/m1/s1. The molecular formula is C25H35NO3. The van der Waals surface area contributed by atoms with Crippen molar-refractivity contribution in [3.8, 4) is 11.8 Å². The molecule has 0 bridgehead atoms. The van der Waals surface area contributed by atoms with E-state index in [1.54, 1.807) is 0 Å². The number of carbonyl (C=O) groups is 2. The maximum Gasteiger partial charge on any atom is 0.306 e. The van der Waals surface area contributed by atoms with Crippen molar-refractivity contribution in [3.05, 3.63) is 11.6 Å². The van der Waals surface area contributed by atoms with E-state index in [0.717, 1.165) is 31.1 Å². The predicted molar refractivity (Wildman–Crippen MR) is 113 cm³/mol. The summed E-state index contributed by atoms with van der Waals surface area (Å²) in [6, 6.07) is 0.418. The summed E-state index contributed by atoms with van der Waals surface area (Å²) in [5, 5.41) is 0. The van der Waals surface area contributed by atoms with E-state index in [0.29, 0.717) is 37.1 Å². The van der Waals surface area contributed by atoms with Crippen molar-refractivity contribution in [3.63, 3.8) is 0 Å². The summed E-state index contributed by atoms with van der Waals surface area (Å²) in [4.78, 5) is 25.7. The molecule has 4 nitrogen and oxygen atoms in total. The highest BCUT2D eigenvalue weighted by Crippen LogP contribution is 2.64. The predicted octanol–water partition coefficient (Wildman–Crippen LogP) is 4.34. The zero-order valence-electron chi connectivity index (χ0n) is 18.4. The van der Waals surface area contributed by atoms with Crippen molar-refractivity contribution in [2.24, 2.45) is 28.6 Å². The van der Waals surface area contributed by atoms with Crippen LogP contribution in [0.2, 0.25) is 0 Å². The van der Waals surface area contributed by atoms with Crippen LogP contribution in [0, 0.1) is 40.4 Å². The number of rotatable bonds is 2. The molecule has 1 saturated heterocycles. The van der Waals surface area contributed by atoms with Crippen molar-refractivity contribution in [2.75, 3.05) is 14.2 Å². The molecule has 2 saturated carbocycles. The van der Waals surface area contributed by atoms with E-state index in [1.165, 1.54) is 31.9 Å². The Kier molecular flexibility index (Phi) is 5.30. The molecular weight excluding hydrogens is 362 g/mol. The number of hydrogen-bond acceptors (Lipinski definition) is 3. The zero-order valence-corrected chi connectivity index (χ0v) is 18.4. The highest BCUT2D eigenvalue weighted by Gasteiger charge is 2.59. The normalized spacial score (nSPS) is 40.8. The van der Waals surface area contributed by atoms with Crippen LogP contribution in [0.5, 0.6) is 0 Å². The molecule has 0 aromatic carbocycles. The van der Waals surface area contributed by atoms with Gasteiger partial charge in [-0.05, 0) is 61.7 Å². The van der Waals surface area contributed by atoms with Gasteiger partial charge in [0.25, 0.3) is 0 Å². The highest BCUT2D eigenvalue weighted by molar-refractivity contribution is 5.77. The van der Waals surface area contributed by atoms with Gasteiger partial charge in [-0.15, -0.1) is 0 Å². The van der Waals surface area contributed by atoms with E-state index in [-0.39, 0.29) is 16.8 Å². The topological polar surface area (TPSA) is 46.6 Å². The second-order valence-corrected chi connectivity index (χ2v) is 10.2. The van der Waals surface area contributed by atoms with Gasteiger partial charge in [0.15, 0.2) is 0 Å². The van der Waals surface area contributed by atoms with E-state index in [9.17, 15) is 9.59 Å². The molecule has 4 heteroatoms. The van der Waals surface area contributed by atoms with Crippen molar-refractivity contribution in [1.29, 1.82) is 0 Å². The van der Waals surface area contributed by atoms with Crippen molar-refractivity contribution in [1.82, 2.24) is 4.90 Å². The van der Waals surface area contributed by atoms with Gasteiger partial charge < -0.3 is 9.64 Å². The van der Waals surface area contributed by atoms with Crippen LogP contribution in [0.4, 0.5) is 0 Å². The fraction of sp³-hybridized carbons (Fsp3) is 0.760. The number of piperidine rings is 1. The summed E-state index contributed by atoms with van der Waals surface area (Å²) in [7, 11) is 3.45. The first-order chi connectivity index (χ1) is 13.8. The number of ether oxygens (including phenoxy) is 1. The molecule has 3 aliphatic carbocycles. The fourth-order valence-corrected chi connectivity index (χ4v) is 7.34. The van der Waals surface area contributed by atoms with Gasteiger partial charge in [-0.1, -0.05) is 31.8 Å². The van der Waals surface area contributed by atoms with Crippen molar-refractivity contribution < 1.29 is 14.3 Å². The lowest BCUT2D eigenvalue weighted by Gasteiger charge is -2.61. The van der Waals surface area contributed by atoms with E-state index >= 15 is 0 Å². The summed E-state index contributed by atoms with van der Waals surface area (Å²) < 4.78 is 4.71. The van der Waals surface area contributed by atoms with Crippen LogP contribution in [0.15, 0.2) is 11.6 Å². The first-order valence-electron chi connectivity index (χ1n) is 11.3. The number of allylic oxidation sites excluding steroid dienone is 2. The van der Waals surface area contributed by atoms with Crippen LogP contribution in [0.3, 0.4) is 0 Å². The van der Waals surface area contributed by atoms with Gasteiger partial charge in [-0.3, -0.25) is 9.59 Å². The minimum Gasteiger partial charge on any atom is -0.469 e. The zero-order chi connectivity index (χ0) is 20.8. The number of esters is 1. The largest absolute Gasteiger partial charge is 0.469 e. The third-order valence-electron chi connectivity index (χ3n) is 9.04. The third-order valence-corrected chi connectivity index (χ3v) is 9.04. The average molecular weight is 398 g/mol. The lowest BCUT2D eigenvalue weighted by molar-refractivity contribution is -0.156. The van der Waals surface area contributed by atoms with Crippen molar-refractivity contribution >= 4 is 11.9 Å².